The highest BCUT2D eigenvalue weighted by Gasteiger charge is 2.39. The first-order valence-corrected chi connectivity index (χ1v) is 11.8. The van der Waals surface area contributed by atoms with Crippen LogP contribution >= 0.6 is 11.3 Å². The number of piperidine rings is 1. The zero-order chi connectivity index (χ0) is 22.8. The maximum Gasteiger partial charge on any atom is 0.187 e. The van der Waals surface area contributed by atoms with Crippen molar-refractivity contribution in [3.8, 4) is 11.3 Å². The van der Waals surface area contributed by atoms with E-state index in [-0.39, 0.29) is 16.9 Å². The van der Waals surface area contributed by atoms with Crippen molar-refractivity contribution in [3.63, 3.8) is 0 Å². The zero-order valence-corrected chi connectivity index (χ0v) is 20.2. The average molecular weight is 453 g/mol. The third-order valence-corrected chi connectivity index (χ3v) is 7.24. The second kappa shape index (κ2) is 7.22. The van der Waals surface area contributed by atoms with Crippen LogP contribution in [-0.4, -0.2) is 43.5 Å². The van der Waals surface area contributed by atoms with E-state index in [0.29, 0.717) is 11.7 Å². The van der Waals surface area contributed by atoms with Crippen LogP contribution in [-0.2, 0) is 0 Å². The van der Waals surface area contributed by atoms with Gasteiger partial charge in [-0.2, -0.15) is 0 Å². The van der Waals surface area contributed by atoms with E-state index in [2.05, 4.69) is 49.9 Å². The van der Waals surface area contributed by atoms with Crippen molar-refractivity contribution in [2.45, 2.75) is 64.6 Å². The van der Waals surface area contributed by atoms with E-state index in [1.54, 1.807) is 15.7 Å². The summed E-state index contributed by atoms with van der Waals surface area (Å²) >= 11 is 1.59. The van der Waals surface area contributed by atoms with Crippen LogP contribution in [0.25, 0.3) is 27.3 Å². The molecule has 168 valence electrons. The summed E-state index contributed by atoms with van der Waals surface area (Å²) in [5.41, 5.74) is 3.57. The SMILES string of the molecule is Cc1cn2cc(-c3ccc4nc(N(C)C5CC(C)(C)NC(C)(C)C5)sc4n3)cc(F)c2n1. The summed E-state index contributed by atoms with van der Waals surface area (Å²) in [5, 5.41) is 4.71. The van der Waals surface area contributed by atoms with Gasteiger partial charge in [-0.15, -0.1) is 0 Å². The molecule has 0 unspecified atom stereocenters. The van der Waals surface area contributed by atoms with Gasteiger partial charge in [-0.25, -0.2) is 19.3 Å². The molecule has 1 aliphatic heterocycles. The number of aryl methyl sites for hydroxylation is 1. The molecule has 0 amide bonds. The van der Waals surface area contributed by atoms with Crippen molar-refractivity contribution in [2.24, 2.45) is 0 Å². The zero-order valence-electron chi connectivity index (χ0n) is 19.4. The van der Waals surface area contributed by atoms with Crippen LogP contribution in [0.15, 0.2) is 30.6 Å². The van der Waals surface area contributed by atoms with E-state index in [1.807, 2.05) is 31.5 Å². The molecular formula is C24H29FN6S. The van der Waals surface area contributed by atoms with E-state index in [9.17, 15) is 4.39 Å². The predicted octanol–water partition coefficient (Wildman–Crippen LogP) is 5.20. The van der Waals surface area contributed by atoms with E-state index < -0.39 is 0 Å². The molecule has 4 aromatic heterocycles. The molecule has 4 aromatic rings. The second-order valence-corrected chi connectivity index (χ2v) is 11.2. The van der Waals surface area contributed by atoms with Crippen molar-refractivity contribution < 1.29 is 4.39 Å². The summed E-state index contributed by atoms with van der Waals surface area (Å²) in [6, 6.07) is 5.78. The number of nitrogens with one attached hydrogen (secondary N) is 1. The number of halogens is 1. The summed E-state index contributed by atoms with van der Waals surface area (Å²) in [5.74, 6) is -0.349. The van der Waals surface area contributed by atoms with Gasteiger partial charge in [-0.05, 0) is 65.7 Å². The number of imidazole rings is 1. The van der Waals surface area contributed by atoms with Gasteiger partial charge in [-0.1, -0.05) is 11.3 Å². The van der Waals surface area contributed by atoms with Crippen LogP contribution in [0.5, 0.6) is 0 Å². The van der Waals surface area contributed by atoms with Crippen molar-refractivity contribution >= 4 is 32.5 Å². The summed E-state index contributed by atoms with van der Waals surface area (Å²) in [6.45, 7) is 10.9. The summed E-state index contributed by atoms with van der Waals surface area (Å²) < 4.78 is 16.3. The standard InChI is InChI=1S/C24H29FN6S/c1-14-12-31-13-15(9-17(25)20(31)26-14)18-7-8-19-21(27-18)32-22(28-19)30(6)16-10-23(2,3)29-24(4,5)11-16/h7-9,12-13,16,29H,10-11H2,1-6H3. The fourth-order valence-corrected chi connectivity index (χ4v) is 6.11. The third kappa shape index (κ3) is 3.86. The monoisotopic (exact) mass is 452 g/mol. The van der Waals surface area contributed by atoms with Gasteiger partial charge >= 0.3 is 0 Å². The lowest BCUT2D eigenvalue weighted by molar-refractivity contribution is 0.161. The van der Waals surface area contributed by atoms with Crippen molar-refractivity contribution in [2.75, 3.05) is 11.9 Å². The number of thiazole rings is 1. The van der Waals surface area contributed by atoms with Gasteiger partial charge in [0.15, 0.2) is 16.6 Å². The Kier molecular flexibility index (Phi) is 4.80. The van der Waals surface area contributed by atoms with Gasteiger partial charge in [0.2, 0.25) is 0 Å². The summed E-state index contributed by atoms with van der Waals surface area (Å²) in [6.07, 6.45) is 5.79. The number of hydrogen-bond donors (Lipinski definition) is 1. The quantitative estimate of drug-likeness (QED) is 0.463. The van der Waals surface area contributed by atoms with Gasteiger partial charge in [0.05, 0.1) is 11.4 Å². The van der Waals surface area contributed by atoms with E-state index in [1.165, 1.54) is 6.07 Å². The molecule has 5 heterocycles. The molecule has 0 aliphatic carbocycles. The number of anilines is 1. The minimum absolute atomic E-state index is 0.0666. The van der Waals surface area contributed by atoms with E-state index >= 15 is 0 Å². The molecule has 0 atom stereocenters. The molecule has 6 nitrogen and oxygen atoms in total. The number of aromatic nitrogens is 4. The third-order valence-electron chi connectivity index (χ3n) is 6.18. The minimum atomic E-state index is -0.349. The number of nitrogens with zero attached hydrogens (tertiary/aromatic N) is 5. The Morgan fingerprint density at radius 2 is 1.81 bits per heavy atom. The van der Waals surface area contributed by atoms with Crippen LogP contribution in [0, 0.1) is 12.7 Å². The lowest BCUT2D eigenvalue weighted by Crippen LogP contribution is -2.61. The molecule has 0 aromatic carbocycles. The second-order valence-electron chi connectivity index (χ2n) is 10.3. The normalized spacial score (nSPS) is 18.5. The molecule has 1 fully saturated rings. The number of fused-ring (bicyclic) bond motifs is 2. The van der Waals surface area contributed by atoms with Crippen LogP contribution in [0.4, 0.5) is 9.52 Å². The Morgan fingerprint density at radius 1 is 1.09 bits per heavy atom. The maximum absolute atomic E-state index is 14.6. The summed E-state index contributed by atoms with van der Waals surface area (Å²) in [4.78, 5) is 17.1. The molecule has 8 heteroatoms. The van der Waals surface area contributed by atoms with Crippen molar-refractivity contribution in [1.29, 1.82) is 0 Å². The fraction of sp³-hybridized carbons (Fsp3) is 0.458. The number of hydrogen-bond acceptors (Lipinski definition) is 6. The summed E-state index contributed by atoms with van der Waals surface area (Å²) in [7, 11) is 2.13. The largest absolute Gasteiger partial charge is 0.348 e. The van der Waals surface area contributed by atoms with Gasteiger partial charge in [-0.3, -0.25) is 0 Å². The first kappa shape index (κ1) is 21.3. The van der Waals surface area contributed by atoms with Crippen molar-refractivity contribution in [1.82, 2.24) is 24.7 Å². The van der Waals surface area contributed by atoms with Crippen molar-refractivity contribution in [3.05, 3.63) is 42.1 Å². The number of pyridine rings is 2. The molecule has 1 N–H and O–H groups in total. The Balaban J connectivity index is 1.48. The van der Waals surface area contributed by atoms with Gasteiger partial charge in [0.1, 0.15) is 10.3 Å². The Bertz CT molecular complexity index is 1310. The molecule has 0 radical (unpaired) electrons. The average Bonchev–Trinajstić information content (AvgIpc) is 3.27. The van der Waals surface area contributed by atoms with Crippen LogP contribution in [0.2, 0.25) is 0 Å². The maximum atomic E-state index is 14.6. The topological polar surface area (TPSA) is 58.4 Å². The fourth-order valence-electron chi connectivity index (χ4n) is 5.14. The first-order valence-electron chi connectivity index (χ1n) is 10.9. The smallest absolute Gasteiger partial charge is 0.187 e. The molecule has 1 aliphatic rings. The van der Waals surface area contributed by atoms with Crippen LogP contribution in [0.3, 0.4) is 0 Å². The molecule has 0 saturated carbocycles. The van der Waals surface area contributed by atoms with Gasteiger partial charge in [0.25, 0.3) is 0 Å². The lowest BCUT2D eigenvalue weighted by Gasteiger charge is -2.48. The Labute approximate surface area is 191 Å². The minimum Gasteiger partial charge on any atom is -0.348 e. The molecule has 0 spiro atoms. The molecule has 32 heavy (non-hydrogen) atoms. The Morgan fingerprint density at radius 3 is 2.53 bits per heavy atom. The number of rotatable bonds is 3. The molecular weight excluding hydrogens is 423 g/mol. The molecule has 0 bridgehead atoms. The first-order chi connectivity index (χ1) is 15.0. The molecule has 5 rings (SSSR count). The van der Waals surface area contributed by atoms with Gasteiger partial charge < -0.3 is 14.6 Å². The van der Waals surface area contributed by atoms with Crippen LogP contribution < -0.4 is 10.2 Å². The van der Waals surface area contributed by atoms with Gasteiger partial charge in [0, 0.05) is 42.1 Å². The highest BCUT2D eigenvalue weighted by atomic mass is 32.1. The van der Waals surface area contributed by atoms with E-state index in [0.717, 1.165) is 45.3 Å². The molecule has 1 saturated heterocycles. The Hall–Kier alpha value is -2.58. The lowest BCUT2D eigenvalue weighted by atomic mass is 9.79. The highest BCUT2D eigenvalue weighted by molar-refractivity contribution is 7.21. The highest BCUT2D eigenvalue weighted by Crippen LogP contribution is 2.36. The predicted molar refractivity (Wildman–Crippen MR) is 129 cm³/mol. The van der Waals surface area contributed by atoms with E-state index in [4.69, 9.17) is 9.97 Å². The van der Waals surface area contributed by atoms with Crippen LogP contribution in [0.1, 0.15) is 46.2 Å².